The summed E-state index contributed by atoms with van der Waals surface area (Å²) in [5, 5.41) is 1.56. The van der Waals surface area contributed by atoms with Crippen LogP contribution in [-0.2, 0) is 0 Å². The molecule has 7 heteroatoms. The SMILES string of the molecule is Cc1ccc2sc(N(CCN(C)C)C(=O)c3cc(Cl)cc(Cl)c3)nc2c1C. The predicted octanol–water partition coefficient (Wildman–Crippen LogP) is 5.43. The van der Waals surface area contributed by atoms with Crippen LogP contribution < -0.4 is 4.90 Å². The van der Waals surface area contributed by atoms with Gasteiger partial charge in [-0.2, -0.15) is 0 Å². The summed E-state index contributed by atoms with van der Waals surface area (Å²) in [5.41, 5.74) is 3.73. The van der Waals surface area contributed by atoms with E-state index in [0.29, 0.717) is 33.8 Å². The Bertz CT molecular complexity index is 980. The number of fused-ring (bicyclic) bond motifs is 1. The third-order valence-corrected chi connectivity index (χ3v) is 5.91. The number of benzene rings is 2. The summed E-state index contributed by atoms with van der Waals surface area (Å²) in [5.74, 6) is -0.158. The second kappa shape index (κ2) is 8.15. The number of amides is 1. The van der Waals surface area contributed by atoms with Gasteiger partial charge in [0.25, 0.3) is 5.91 Å². The number of carbonyl (C=O) groups is 1. The van der Waals surface area contributed by atoms with Crippen molar-refractivity contribution < 1.29 is 4.79 Å². The molecule has 0 aliphatic carbocycles. The fourth-order valence-electron chi connectivity index (χ4n) is 2.75. The molecule has 0 fully saturated rings. The van der Waals surface area contributed by atoms with Gasteiger partial charge in [0.2, 0.25) is 0 Å². The first-order valence-corrected chi connectivity index (χ1v) is 10.1. The summed E-state index contributed by atoms with van der Waals surface area (Å²) in [7, 11) is 3.95. The first-order chi connectivity index (χ1) is 12.8. The summed E-state index contributed by atoms with van der Waals surface area (Å²) in [4.78, 5) is 21.8. The number of hydrogen-bond acceptors (Lipinski definition) is 4. The molecule has 0 radical (unpaired) electrons. The maximum atomic E-state index is 13.2. The molecule has 4 nitrogen and oxygen atoms in total. The zero-order valence-electron chi connectivity index (χ0n) is 15.7. The maximum absolute atomic E-state index is 13.2. The number of aromatic nitrogens is 1. The van der Waals surface area contributed by atoms with E-state index in [1.165, 1.54) is 16.9 Å². The number of thiazole rings is 1. The normalized spacial score (nSPS) is 11.4. The van der Waals surface area contributed by atoms with E-state index in [2.05, 4.69) is 26.0 Å². The molecule has 3 aromatic rings. The predicted molar refractivity (Wildman–Crippen MR) is 116 cm³/mol. The molecule has 0 N–H and O–H groups in total. The molecule has 1 heterocycles. The first kappa shape index (κ1) is 20.1. The Hall–Kier alpha value is -1.66. The molecule has 0 unspecified atom stereocenters. The average molecular weight is 422 g/mol. The van der Waals surface area contributed by atoms with Crippen LogP contribution in [0, 0.1) is 13.8 Å². The highest BCUT2D eigenvalue weighted by atomic mass is 35.5. The third-order valence-electron chi connectivity index (χ3n) is 4.43. The summed E-state index contributed by atoms with van der Waals surface area (Å²) >= 11 is 13.7. The van der Waals surface area contributed by atoms with Crippen LogP contribution in [0.2, 0.25) is 10.0 Å². The van der Waals surface area contributed by atoms with Crippen molar-refractivity contribution in [3.63, 3.8) is 0 Å². The fourth-order valence-corrected chi connectivity index (χ4v) is 4.32. The number of rotatable bonds is 5. The van der Waals surface area contributed by atoms with Crippen LogP contribution in [0.1, 0.15) is 21.5 Å². The zero-order chi connectivity index (χ0) is 19.7. The topological polar surface area (TPSA) is 36.4 Å². The lowest BCUT2D eigenvalue weighted by molar-refractivity contribution is 0.0985. The van der Waals surface area contributed by atoms with Gasteiger partial charge < -0.3 is 4.90 Å². The van der Waals surface area contributed by atoms with Crippen LogP contribution in [0.3, 0.4) is 0 Å². The maximum Gasteiger partial charge on any atom is 0.260 e. The van der Waals surface area contributed by atoms with Gasteiger partial charge in [0.05, 0.1) is 10.2 Å². The summed E-state index contributed by atoms with van der Waals surface area (Å²) in [6.07, 6.45) is 0. The lowest BCUT2D eigenvalue weighted by Gasteiger charge is -2.22. The molecule has 3 rings (SSSR count). The second-order valence-corrected chi connectivity index (χ2v) is 8.65. The highest BCUT2D eigenvalue weighted by Gasteiger charge is 2.22. The Kier molecular flexibility index (Phi) is 6.06. The van der Waals surface area contributed by atoms with Crippen molar-refractivity contribution >= 4 is 55.8 Å². The highest BCUT2D eigenvalue weighted by molar-refractivity contribution is 7.22. The Morgan fingerprint density at radius 2 is 1.74 bits per heavy atom. The molecule has 0 saturated heterocycles. The van der Waals surface area contributed by atoms with Gasteiger partial charge in [-0.15, -0.1) is 0 Å². The number of aryl methyl sites for hydroxylation is 2. The standard InChI is InChI=1S/C20H21Cl2N3OS/c1-12-5-6-17-18(13(12)2)23-20(27-17)25(8-7-24(3)4)19(26)14-9-15(21)11-16(22)10-14/h5-6,9-11H,7-8H2,1-4H3. The average Bonchev–Trinajstić information content (AvgIpc) is 3.02. The van der Waals surface area contributed by atoms with Gasteiger partial charge in [-0.25, -0.2) is 4.98 Å². The first-order valence-electron chi connectivity index (χ1n) is 8.55. The molecular weight excluding hydrogens is 401 g/mol. The monoisotopic (exact) mass is 421 g/mol. The summed E-state index contributed by atoms with van der Waals surface area (Å²) in [6.45, 7) is 5.36. The van der Waals surface area contributed by atoms with Crippen LogP contribution >= 0.6 is 34.5 Å². The molecule has 0 bridgehead atoms. The third kappa shape index (κ3) is 4.43. The van der Waals surface area contributed by atoms with E-state index in [0.717, 1.165) is 15.8 Å². The fraction of sp³-hybridized carbons (Fsp3) is 0.300. The molecule has 0 spiro atoms. The molecule has 0 saturated carbocycles. The quantitative estimate of drug-likeness (QED) is 0.550. The van der Waals surface area contributed by atoms with Crippen LogP contribution in [-0.4, -0.2) is 43.0 Å². The Labute approximate surface area is 173 Å². The largest absolute Gasteiger partial charge is 0.308 e. The Balaban J connectivity index is 2.05. The van der Waals surface area contributed by atoms with Crippen molar-refractivity contribution in [1.82, 2.24) is 9.88 Å². The van der Waals surface area contributed by atoms with Gasteiger partial charge in [0.1, 0.15) is 0 Å². The van der Waals surface area contributed by atoms with E-state index in [9.17, 15) is 4.79 Å². The van der Waals surface area contributed by atoms with Crippen LogP contribution in [0.4, 0.5) is 5.13 Å². The summed E-state index contributed by atoms with van der Waals surface area (Å²) < 4.78 is 1.07. The minimum Gasteiger partial charge on any atom is -0.308 e. The zero-order valence-corrected chi connectivity index (χ0v) is 18.0. The van der Waals surface area contributed by atoms with E-state index in [4.69, 9.17) is 28.2 Å². The molecule has 142 valence electrons. The van der Waals surface area contributed by atoms with Gasteiger partial charge in [-0.3, -0.25) is 9.69 Å². The summed E-state index contributed by atoms with van der Waals surface area (Å²) in [6, 6.07) is 9.04. The lowest BCUT2D eigenvalue weighted by atomic mass is 10.1. The number of nitrogens with zero attached hydrogens (tertiary/aromatic N) is 3. The Morgan fingerprint density at radius 3 is 2.37 bits per heavy atom. The molecule has 2 aromatic carbocycles. The number of anilines is 1. The molecule has 0 aliphatic rings. The highest BCUT2D eigenvalue weighted by Crippen LogP contribution is 2.33. The van der Waals surface area contributed by atoms with Gasteiger partial charge in [-0.05, 0) is 63.3 Å². The molecule has 1 aromatic heterocycles. The van der Waals surface area contributed by atoms with E-state index in [1.807, 2.05) is 19.0 Å². The van der Waals surface area contributed by atoms with Crippen LogP contribution in [0.5, 0.6) is 0 Å². The van der Waals surface area contributed by atoms with Crippen LogP contribution in [0.15, 0.2) is 30.3 Å². The van der Waals surface area contributed by atoms with Crippen LogP contribution in [0.25, 0.3) is 10.2 Å². The van der Waals surface area contributed by atoms with Crippen molar-refractivity contribution in [2.45, 2.75) is 13.8 Å². The minimum atomic E-state index is -0.158. The van der Waals surface area contributed by atoms with Crippen molar-refractivity contribution in [3.8, 4) is 0 Å². The van der Waals surface area contributed by atoms with Gasteiger partial charge >= 0.3 is 0 Å². The number of carbonyl (C=O) groups excluding carboxylic acids is 1. The van der Waals surface area contributed by atoms with E-state index in [-0.39, 0.29) is 5.91 Å². The molecule has 0 aliphatic heterocycles. The smallest absolute Gasteiger partial charge is 0.260 e. The van der Waals surface area contributed by atoms with Gasteiger partial charge in [0, 0.05) is 28.7 Å². The van der Waals surface area contributed by atoms with Gasteiger partial charge in [-0.1, -0.05) is 40.6 Å². The van der Waals surface area contributed by atoms with Gasteiger partial charge in [0.15, 0.2) is 5.13 Å². The number of halogens is 2. The van der Waals surface area contributed by atoms with E-state index in [1.54, 1.807) is 23.1 Å². The molecule has 1 amide bonds. The lowest BCUT2D eigenvalue weighted by Crippen LogP contribution is -2.36. The molecule has 0 atom stereocenters. The van der Waals surface area contributed by atoms with E-state index >= 15 is 0 Å². The number of likely N-dealkylation sites (N-methyl/N-ethyl adjacent to an activating group) is 1. The van der Waals surface area contributed by atoms with Crippen molar-refractivity contribution in [3.05, 3.63) is 57.1 Å². The number of hydrogen-bond donors (Lipinski definition) is 0. The molecular formula is C20H21Cl2N3OS. The minimum absolute atomic E-state index is 0.158. The van der Waals surface area contributed by atoms with E-state index < -0.39 is 0 Å². The van der Waals surface area contributed by atoms with Crippen molar-refractivity contribution in [2.24, 2.45) is 0 Å². The second-order valence-electron chi connectivity index (χ2n) is 6.77. The Morgan fingerprint density at radius 1 is 1.07 bits per heavy atom. The molecule has 27 heavy (non-hydrogen) atoms. The van der Waals surface area contributed by atoms with Crippen molar-refractivity contribution in [1.29, 1.82) is 0 Å². The van der Waals surface area contributed by atoms with Crippen molar-refractivity contribution in [2.75, 3.05) is 32.1 Å².